The van der Waals surface area contributed by atoms with Crippen LogP contribution in [-0.2, 0) is 6.42 Å². The Hall–Kier alpha value is -2.05. The standard InChI is InChI=1S/C21H20Br2N2O2/c1-4-14-18(23)19(24)17(22)11(2)20(14)25-21(26)15-9-12-7-5-6-8-13(12)10-16(15)27-3/h5-10H,4,24H2,1-3H3,(H,25,26). The van der Waals surface area contributed by atoms with Crippen molar-refractivity contribution in [3.8, 4) is 5.75 Å². The molecule has 0 saturated heterocycles. The number of fused-ring (bicyclic) bond motifs is 1. The third-order valence-electron chi connectivity index (χ3n) is 4.65. The molecule has 27 heavy (non-hydrogen) atoms. The van der Waals surface area contributed by atoms with Gasteiger partial charge in [0.1, 0.15) is 5.75 Å². The zero-order valence-corrected chi connectivity index (χ0v) is 18.5. The Labute approximate surface area is 175 Å². The minimum atomic E-state index is -0.223. The minimum absolute atomic E-state index is 0.223. The molecule has 0 saturated carbocycles. The van der Waals surface area contributed by atoms with Crippen LogP contribution in [0.3, 0.4) is 0 Å². The maximum Gasteiger partial charge on any atom is 0.259 e. The number of hydrogen-bond donors (Lipinski definition) is 2. The molecule has 0 spiro atoms. The van der Waals surface area contributed by atoms with Crippen molar-refractivity contribution in [2.75, 3.05) is 18.2 Å². The van der Waals surface area contributed by atoms with Gasteiger partial charge in [-0.3, -0.25) is 4.79 Å². The molecule has 0 aromatic heterocycles. The third-order valence-corrected chi connectivity index (χ3v) is 6.58. The van der Waals surface area contributed by atoms with Crippen molar-refractivity contribution in [2.45, 2.75) is 20.3 Å². The first-order valence-electron chi connectivity index (χ1n) is 8.53. The molecule has 3 aromatic carbocycles. The Morgan fingerprint density at radius 3 is 2.37 bits per heavy atom. The van der Waals surface area contributed by atoms with Gasteiger partial charge in [-0.1, -0.05) is 31.2 Å². The van der Waals surface area contributed by atoms with Gasteiger partial charge in [-0.2, -0.15) is 0 Å². The topological polar surface area (TPSA) is 64.3 Å². The van der Waals surface area contributed by atoms with Gasteiger partial charge in [0.05, 0.1) is 18.4 Å². The second-order valence-corrected chi connectivity index (χ2v) is 7.81. The predicted octanol–water partition coefficient (Wildman–Crippen LogP) is 6.08. The number of halogens is 2. The van der Waals surface area contributed by atoms with Crippen LogP contribution in [0.4, 0.5) is 11.4 Å². The second-order valence-electron chi connectivity index (χ2n) is 6.23. The molecule has 0 radical (unpaired) electrons. The number of nitrogens with two attached hydrogens (primary N) is 1. The van der Waals surface area contributed by atoms with Crippen molar-refractivity contribution in [3.05, 3.63) is 62.0 Å². The van der Waals surface area contributed by atoms with Crippen LogP contribution in [0.25, 0.3) is 10.8 Å². The van der Waals surface area contributed by atoms with Gasteiger partial charge in [-0.15, -0.1) is 0 Å². The zero-order chi connectivity index (χ0) is 19.7. The second kappa shape index (κ2) is 7.90. The summed E-state index contributed by atoms with van der Waals surface area (Å²) in [4.78, 5) is 13.1. The molecule has 0 aliphatic rings. The van der Waals surface area contributed by atoms with Crippen LogP contribution < -0.4 is 15.8 Å². The number of hydrogen-bond acceptors (Lipinski definition) is 3. The molecule has 3 rings (SSSR count). The van der Waals surface area contributed by atoms with Crippen LogP contribution in [0, 0.1) is 6.92 Å². The Bertz CT molecular complexity index is 1050. The van der Waals surface area contributed by atoms with Crippen LogP contribution in [0.1, 0.15) is 28.4 Å². The molecule has 140 valence electrons. The number of nitrogen functional groups attached to an aromatic ring is 1. The Kier molecular flexibility index (Phi) is 5.77. The summed E-state index contributed by atoms with van der Waals surface area (Å²) in [5.74, 6) is 0.314. The van der Waals surface area contributed by atoms with E-state index in [1.54, 1.807) is 7.11 Å². The monoisotopic (exact) mass is 490 g/mol. The third kappa shape index (κ3) is 3.56. The van der Waals surface area contributed by atoms with Crippen molar-refractivity contribution >= 4 is 59.9 Å². The van der Waals surface area contributed by atoms with Crippen LogP contribution in [0.15, 0.2) is 45.3 Å². The molecule has 4 nitrogen and oxygen atoms in total. The lowest BCUT2D eigenvalue weighted by atomic mass is 10.0. The first kappa shape index (κ1) is 19.7. The minimum Gasteiger partial charge on any atom is -0.496 e. The van der Waals surface area contributed by atoms with E-state index in [1.165, 1.54) is 0 Å². The number of amides is 1. The Morgan fingerprint density at radius 2 is 1.78 bits per heavy atom. The number of rotatable bonds is 4. The van der Waals surface area contributed by atoms with E-state index in [-0.39, 0.29) is 5.91 Å². The summed E-state index contributed by atoms with van der Waals surface area (Å²) in [5.41, 5.74) is 9.87. The van der Waals surface area contributed by atoms with Gasteiger partial charge in [-0.25, -0.2) is 0 Å². The first-order valence-corrected chi connectivity index (χ1v) is 10.1. The number of benzene rings is 3. The molecule has 6 heteroatoms. The summed E-state index contributed by atoms with van der Waals surface area (Å²) < 4.78 is 7.03. The van der Waals surface area contributed by atoms with E-state index >= 15 is 0 Å². The zero-order valence-electron chi connectivity index (χ0n) is 15.3. The maximum atomic E-state index is 13.1. The van der Waals surface area contributed by atoms with Crippen molar-refractivity contribution in [1.29, 1.82) is 0 Å². The quantitative estimate of drug-likeness (QED) is 0.434. The van der Waals surface area contributed by atoms with Crippen molar-refractivity contribution in [1.82, 2.24) is 0 Å². The fraction of sp³-hybridized carbons (Fsp3) is 0.190. The SMILES string of the molecule is CCc1c(Br)c(N)c(Br)c(C)c1NC(=O)c1cc2ccccc2cc1OC. The molecule has 3 aromatic rings. The maximum absolute atomic E-state index is 13.1. The van der Waals surface area contributed by atoms with Gasteiger partial charge >= 0.3 is 0 Å². The van der Waals surface area contributed by atoms with Crippen LogP contribution in [0.5, 0.6) is 5.75 Å². The molecular formula is C21H20Br2N2O2. The molecule has 0 fully saturated rings. The number of nitrogens with one attached hydrogen (secondary N) is 1. The summed E-state index contributed by atoms with van der Waals surface area (Å²) in [6.07, 6.45) is 0.726. The molecule has 1 amide bonds. The van der Waals surface area contributed by atoms with E-state index in [0.29, 0.717) is 17.0 Å². The number of carbonyl (C=O) groups excluding carboxylic acids is 1. The van der Waals surface area contributed by atoms with Crippen molar-refractivity contribution in [2.24, 2.45) is 0 Å². The van der Waals surface area contributed by atoms with Crippen molar-refractivity contribution in [3.63, 3.8) is 0 Å². The van der Waals surface area contributed by atoms with Gasteiger partial charge in [0, 0.05) is 14.6 Å². The van der Waals surface area contributed by atoms with E-state index in [0.717, 1.165) is 43.0 Å². The molecule has 3 N–H and O–H groups in total. The molecular weight excluding hydrogens is 472 g/mol. The summed E-state index contributed by atoms with van der Waals surface area (Å²) in [6, 6.07) is 11.6. The average molecular weight is 492 g/mol. The Balaban J connectivity index is 2.10. The van der Waals surface area contributed by atoms with E-state index in [9.17, 15) is 4.79 Å². The number of ether oxygens (including phenoxy) is 1. The molecule has 0 atom stereocenters. The fourth-order valence-electron chi connectivity index (χ4n) is 3.15. The lowest BCUT2D eigenvalue weighted by Crippen LogP contribution is -2.16. The molecule has 0 bridgehead atoms. The lowest BCUT2D eigenvalue weighted by Gasteiger charge is -2.19. The van der Waals surface area contributed by atoms with E-state index in [2.05, 4.69) is 37.2 Å². The highest BCUT2D eigenvalue weighted by Gasteiger charge is 2.21. The highest BCUT2D eigenvalue weighted by atomic mass is 79.9. The Morgan fingerprint density at radius 1 is 1.15 bits per heavy atom. The predicted molar refractivity (Wildman–Crippen MR) is 119 cm³/mol. The van der Waals surface area contributed by atoms with Crippen LogP contribution in [-0.4, -0.2) is 13.0 Å². The van der Waals surface area contributed by atoms with Crippen molar-refractivity contribution < 1.29 is 9.53 Å². The molecule has 0 heterocycles. The normalized spacial score (nSPS) is 10.9. The van der Waals surface area contributed by atoms with Crippen LogP contribution in [0.2, 0.25) is 0 Å². The summed E-state index contributed by atoms with van der Waals surface area (Å²) in [7, 11) is 1.57. The highest BCUT2D eigenvalue weighted by molar-refractivity contribution is 9.11. The van der Waals surface area contributed by atoms with Gasteiger partial charge in [0.15, 0.2) is 0 Å². The van der Waals surface area contributed by atoms with E-state index in [1.807, 2.05) is 50.2 Å². The summed E-state index contributed by atoms with van der Waals surface area (Å²) in [5, 5.41) is 5.06. The molecule has 0 aliphatic heterocycles. The summed E-state index contributed by atoms with van der Waals surface area (Å²) in [6.45, 7) is 3.96. The lowest BCUT2D eigenvalue weighted by molar-refractivity contribution is 0.102. The number of methoxy groups -OCH3 is 1. The van der Waals surface area contributed by atoms with Gasteiger partial charge in [-0.05, 0) is 79.2 Å². The molecule has 0 unspecified atom stereocenters. The number of anilines is 2. The van der Waals surface area contributed by atoms with E-state index in [4.69, 9.17) is 10.5 Å². The van der Waals surface area contributed by atoms with Gasteiger partial charge < -0.3 is 15.8 Å². The average Bonchev–Trinajstić information content (AvgIpc) is 2.69. The smallest absolute Gasteiger partial charge is 0.259 e. The highest BCUT2D eigenvalue weighted by Crippen LogP contribution is 2.41. The fourth-order valence-corrected chi connectivity index (χ4v) is 4.49. The molecule has 0 aliphatic carbocycles. The largest absolute Gasteiger partial charge is 0.496 e. The van der Waals surface area contributed by atoms with Gasteiger partial charge in [0.2, 0.25) is 0 Å². The van der Waals surface area contributed by atoms with Gasteiger partial charge in [0.25, 0.3) is 5.91 Å². The van der Waals surface area contributed by atoms with E-state index < -0.39 is 0 Å². The van der Waals surface area contributed by atoms with Crippen LogP contribution >= 0.6 is 31.9 Å². The first-order chi connectivity index (χ1) is 12.9. The summed E-state index contributed by atoms with van der Waals surface area (Å²) >= 11 is 7.07. The number of carbonyl (C=O) groups is 1.